The second-order valence-electron chi connectivity index (χ2n) is 17.7. The number of hydrogen-bond acceptors (Lipinski definition) is 26. The van der Waals surface area contributed by atoms with Crippen molar-refractivity contribution < 1.29 is 104 Å². The summed E-state index contributed by atoms with van der Waals surface area (Å²) in [5, 5.41) is 33.1. The van der Waals surface area contributed by atoms with Crippen LogP contribution in [0.2, 0.25) is 0 Å². The van der Waals surface area contributed by atoms with Crippen LogP contribution in [0.1, 0.15) is 39.0 Å². The van der Waals surface area contributed by atoms with E-state index >= 15 is 0 Å². The van der Waals surface area contributed by atoms with Gasteiger partial charge in [0.2, 0.25) is 17.7 Å². The molecule has 16 atom stereocenters. The van der Waals surface area contributed by atoms with Gasteiger partial charge in [-0.25, -0.2) is 38.0 Å². The molecule has 0 saturated carbocycles. The number of imidazole rings is 2. The van der Waals surface area contributed by atoms with Gasteiger partial charge < -0.3 is 74.7 Å². The molecule has 37 nitrogen and oxygen atoms in total. The third-order valence-corrected chi connectivity index (χ3v) is 19.0. The molecule has 0 spiro atoms. The largest absolute Gasteiger partial charge is 0.490 e. The number of anilines is 2. The SMILES string of the molecule is CCN(CC)C(=O)C[C@@H]1[C@@H](COP(=O)(O)OP(=O)(O)OP(=O)(O)OC[C@H]2O[C@@H](n3cnc4c(N)ncnc43)[C@H](OC)[C@@H]2P(=O)(O)OC[C@H]2O[C@@H](n3ccc(=O)[nH]c3=O)[C@H](O)[C@@H]2O)OC([n+]2cn(C)c3c(=O)[nH]c(N)nc32)[C@@H]1O. The average molecular weight is 1190 g/mol. The number of ether oxygens (including phenoxy) is 4. The molecule has 0 bridgehead atoms. The van der Waals surface area contributed by atoms with Crippen molar-refractivity contribution in [1.82, 2.24) is 48.5 Å². The highest BCUT2D eigenvalue weighted by molar-refractivity contribution is 7.66. The fraction of sp³-hybridized carbons (Fsp3) is 0.595. The number of nitrogens with zero attached hydrogens (tertiary/aromatic N) is 9. The molecule has 0 radical (unpaired) electrons. The zero-order valence-corrected chi connectivity index (χ0v) is 44.7. The van der Waals surface area contributed by atoms with E-state index in [-0.39, 0.29) is 47.2 Å². The molecule has 8 rings (SSSR count). The van der Waals surface area contributed by atoms with Crippen LogP contribution in [0.25, 0.3) is 22.3 Å². The number of rotatable bonds is 22. The number of nitrogens with two attached hydrogens (primary N) is 2. The van der Waals surface area contributed by atoms with E-state index in [0.29, 0.717) is 0 Å². The summed E-state index contributed by atoms with van der Waals surface area (Å²) < 4.78 is 106. The summed E-state index contributed by atoms with van der Waals surface area (Å²) >= 11 is 0. The van der Waals surface area contributed by atoms with Crippen molar-refractivity contribution in [3.05, 3.63) is 62.4 Å². The number of H-pyrrole nitrogens is 2. The summed E-state index contributed by atoms with van der Waals surface area (Å²) in [7, 11) is -21.0. The van der Waals surface area contributed by atoms with E-state index < -0.39 is 153 Å². The minimum absolute atomic E-state index is 0.00567. The Balaban J connectivity index is 0.973. The summed E-state index contributed by atoms with van der Waals surface area (Å²) in [5.74, 6) is -2.13. The van der Waals surface area contributed by atoms with E-state index in [1.54, 1.807) is 13.8 Å². The summed E-state index contributed by atoms with van der Waals surface area (Å²) in [5.41, 5.74) is 7.18. The summed E-state index contributed by atoms with van der Waals surface area (Å²) in [6.07, 6.45) is -12.6. The van der Waals surface area contributed by atoms with Crippen LogP contribution in [0.5, 0.6) is 0 Å². The molecule has 78 heavy (non-hydrogen) atoms. The fourth-order valence-corrected chi connectivity index (χ4v) is 14.5. The van der Waals surface area contributed by atoms with E-state index in [2.05, 4.69) is 33.5 Å². The molecule has 3 aliphatic heterocycles. The van der Waals surface area contributed by atoms with Gasteiger partial charge in [0.15, 0.2) is 30.2 Å². The van der Waals surface area contributed by atoms with E-state index in [1.807, 2.05) is 4.98 Å². The lowest BCUT2D eigenvalue weighted by Gasteiger charge is -2.28. The number of phosphoric acid groups is 3. The van der Waals surface area contributed by atoms with Gasteiger partial charge >= 0.3 is 42.4 Å². The maximum Gasteiger partial charge on any atom is 0.490 e. The normalized spacial score (nSPS) is 29.6. The van der Waals surface area contributed by atoms with Gasteiger partial charge in [-0.3, -0.25) is 51.7 Å². The number of phosphoric ester groups is 2. The molecule has 1 amide bonds. The Morgan fingerprint density at radius 2 is 1.46 bits per heavy atom. The first-order valence-electron chi connectivity index (χ1n) is 23.1. The lowest BCUT2D eigenvalue weighted by molar-refractivity contribution is -0.745. The monoisotopic (exact) mass is 1190 g/mol. The predicted molar refractivity (Wildman–Crippen MR) is 257 cm³/mol. The molecule has 5 aromatic heterocycles. The number of aromatic nitrogens is 10. The molecular formula is C37H54N13O24P4+. The number of carbonyl (C=O) groups excluding carboxylic acids is 1. The first-order chi connectivity index (χ1) is 36.6. The average Bonchev–Trinajstić information content (AvgIpc) is 4.26. The minimum atomic E-state index is -6.26. The zero-order valence-electron chi connectivity index (χ0n) is 41.1. The first-order valence-corrected chi connectivity index (χ1v) is 29.2. The Morgan fingerprint density at radius 1 is 0.821 bits per heavy atom. The Kier molecular flexibility index (Phi) is 17.3. The van der Waals surface area contributed by atoms with Crippen LogP contribution >= 0.6 is 31.1 Å². The molecule has 0 aromatic carbocycles. The Labute approximate surface area is 436 Å². The van der Waals surface area contributed by atoms with E-state index in [1.165, 1.54) is 32.0 Å². The van der Waals surface area contributed by atoms with Gasteiger partial charge in [0.05, 0.1) is 39.3 Å². The summed E-state index contributed by atoms with van der Waals surface area (Å²) in [4.78, 5) is 116. The van der Waals surface area contributed by atoms with Crippen molar-refractivity contribution in [3.8, 4) is 0 Å². The van der Waals surface area contributed by atoms with Crippen molar-refractivity contribution in [2.24, 2.45) is 13.0 Å². The highest BCUT2D eigenvalue weighted by Crippen LogP contribution is 2.68. The number of hydrogen-bond donors (Lipinski definition) is 11. The van der Waals surface area contributed by atoms with Crippen molar-refractivity contribution >= 4 is 71.1 Å². The van der Waals surface area contributed by atoms with Gasteiger partial charge in [-0.15, -0.1) is 0 Å². The number of methoxy groups -OCH3 is 1. The smallest absolute Gasteiger partial charge is 0.387 e. The second-order valence-corrected chi connectivity index (χ2v) is 24.3. The third kappa shape index (κ3) is 12.2. The van der Waals surface area contributed by atoms with Crippen molar-refractivity contribution in [2.45, 2.75) is 87.3 Å². The van der Waals surface area contributed by atoms with E-state index in [4.69, 9.17) is 44.0 Å². The number of nitrogen functional groups attached to an aromatic ring is 2. The molecule has 430 valence electrons. The van der Waals surface area contributed by atoms with Gasteiger partial charge in [0, 0.05) is 44.8 Å². The first kappa shape index (κ1) is 59.1. The Morgan fingerprint density at radius 3 is 2.10 bits per heavy atom. The standard InChI is InChI=1S/C37H53N13O24P4/c1-5-47(6-2)21(52)9-16-17(70-33(24(16)53)50-15-46(3)23-31(50)44-36(39)45-32(23)56)10-68-76(60,61)73-78(64,65)74-77(62,63)69-12-19-28(27(66-4)35(72-19)49-14-42-22-29(38)40-13-41-30(22)49)75(58,59)67-11-18-25(54)26(55)34(71-18)48-8-7-20(51)43-37(48)57/h7-8,13-19,24-28,33-35,53-55H,5-6,9-12H2,1-4H3,(H9-,38,39,40,41,43,44,45,51,56,57,58,59,60,61,62,63,64,65)/p+1/t16-,17-,18-,19-,24-,25-,26-,27-,28-,33?,34-,35-/m1/s1. The number of aryl methyl sites for hydroxylation is 1. The molecule has 0 aliphatic carbocycles. The van der Waals surface area contributed by atoms with Gasteiger partial charge in [-0.1, -0.05) is 4.98 Å². The highest BCUT2D eigenvalue weighted by atomic mass is 31.3. The van der Waals surface area contributed by atoms with Gasteiger partial charge in [0.1, 0.15) is 54.1 Å². The lowest BCUT2D eigenvalue weighted by Crippen LogP contribution is -2.45. The van der Waals surface area contributed by atoms with Crippen molar-refractivity contribution in [2.75, 3.05) is 51.5 Å². The molecule has 5 unspecified atom stereocenters. The maximum absolute atomic E-state index is 14.3. The number of aliphatic hydroxyl groups is 3. The number of fused-ring (bicyclic) bond motifs is 2. The zero-order chi connectivity index (χ0) is 57.0. The van der Waals surface area contributed by atoms with Crippen LogP contribution in [0.3, 0.4) is 0 Å². The number of amides is 1. The third-order valence-electron chi connectivity index (χ3n) is 12.8. The van der Waals surface area contributed by atoms with Crippen LogP contribution in [-0.2, 0) is 71.2 Å². The predicted octanol–water partition coefficient (Wildman–Crippen LogP) is -3.29. The Hall–Kier alpha value is -5.07. The van der Waals surface area contributed by atoms with Gasteiger partial charge in [-0.05, 0) is 13.8 Å². The molecule has 3 fully saturated rings. The van der Waals surface area contributed by atoms with Crippen molar-refractivity contribution in [1.29, 1.82) is 0 Å². The summed E-state index contributed by atoms with van der Waals surface area (Å²) in [6.45, 7) is 0.521. The van der Waals surface area contributed by atoms with Crippen LogP contribution in [0, 0.1) is 5.92 Å². The number of aromatic amines is 2. The second kappa shape index (κ2) is 22.8. The van der Waals surface area contributed by atoms with Gasteiger partial charge in [-0.2, -0.15) is 8.62 Å². The van der Waals surface area contributed by atoms with Crippen molar-refractivity contribution in [3.63, 3.8) is 0 Å². The van der Waals surface area contributed by atoms with E-state index in [0.717, 1.165) is 36.6 Å². The quantitative estimate of drug-likeness (QED) is 0.0239. The molecule has 41 heteroatoms. The van der Waals surface area contributed by atoms with Crippen LogP contribution in [0.4, 0.5) is 11.8 Å². The fourth-order valence-electron chi connectivity index (χ4n) is 9.24. The molecule has 5 aromatic rings. The lowest BCUT2D eigenvalue weighted by atomic mass is 9.93. The molecular weight excluding hydrogens is 1130 g/mol. The van der Waals surface area contributed by atoms with Crippen LogP contribution in [-0.4, -0.2) is 178 Å². The number of nitrogens with one attached hydrogen (secondary N) is 2. The van der Waals surface area contributed by atoms with Crippen LogP contribution in [0.15, 0.2) is 45.6 Å². The van der Waals surface area contributed by atoms with Crippen LogP contribution < -0.4 is 32.8 Å². The topological polar surface area (TPSA) is 518 Å². The highest BCUT2D eigenvalue weighted by Gasteiger charge is 2.58. The van der Waals surface area contributed by atoms with Gasteiger partial charge in [0.25, 0.3) is 17.1 Å². The molecule has 8 heterocycles. The Bertz CT molecular complexity index is 3430. The minimum Gasteiger partial charge on any atom is -0.387 e. The maximum atomic E-state index is 14.3. The number of carbonyl (C=O) groups is 1. The molecule has 3 saturated heterocycles. The van der Waals surface area contributed by atoms with E-state index in [9.17, 15) is 72.3 Å². The molecule has 13 N–H and O–H groups in total. The molecule has 3 aliphatic rings. The number of aliphatic hydroxyl groups excluding tert-OH is 3. The summed E-state index contributed by atoms with van der Waals surface area (Å²) in [6, 6.07) is 0.923.